The van der Waals surface area contributed by atoms with Gasteiger partial charge in [0.1, 0.15) is 0 Å². The summed E-state index contributed by atoms with van der Waals surface area (Å²) in [6.07, 6.45) is 6.79. The second-order valence-corrected chi connectivity index (χ2v) is 7.78. The molecule has 1 N–H and O–H groups in total. The fourth-order valence-corrected chi connectivity index (χ4v) is 3.79. The molecule has 1 fully saturated rings. The average Bonchev–Trinajstić information content (AvgIpc) is 3.40. The number of hydrogen-bond donors (Lipinski definition) is 1. The van der Waals surface area contributed by atoms with E-state index in [0.717, 1.165) is 24.2 Å². The molecule has 2 amide bonds. The number of hydrogen-bond acceptors (Lipinski definition) is 4. The van der Waals surface area contributed by atoms with Crippen molar-refractivity contribution in [1.82, 2.24) is 29.8 Å². The molecule has 1 aromatic carbocycles. The number of piperidine rings is 1. The number of nitrogens with zero attached hydrogens (tertiary/aromatic N) is 5. The van der Waals surface area contributed by atoms with Crippen molar-refractivity contribution in [2.75, 3.05) is 19.6 Å². The molecule has 156 valence electrons. The highest BCUT2D eigenvalue weighted by molar-refractivity contribution is 5.94. The summed E-state index contributed by atoms with van der Waals surface area (Å²) in [5.41, 5.74) is 3.25. The SMILES string of the molecule is Cc1ccnn1-c1ccc(C(=O)N2CCC(CNC(=O)c3cnn(C)c3)CC2)cc1. The normalized spacial score (nSPS) is 14.7. The van der Waals surface area contributed by atoms with Crippen LogP contribution in [0.25, 0.3) is 5.69 Å². The Balaban J connectivity index is 1.28. The van der Waals surface area contributed by atoms with Crippen molar-refractivity contribution in [2.24, 2.45) is 13.0 Å². The molecule has 30 heavy (non-hydrogen) atoms. The van der Waals surface area contributed by atoms with E-state index in [4.69, 9.17) is 0 Å². The van der Waals surface area contributed by atoms with Crippen LogP contribution in [0.5, 0.6) is 0 Å². The number of carbonyl (C=O) groups excluding carboxylic acids is 2. The van der Waals surface area contributed by atoms with Gasteiger partial charge in [0, 0.05) is 50.3 Å². The maximum Gasteiger partial charge on any atom is 0.254 e. The first-order valence-corrected chi connectivity index (χ1v) is 10.2. The molecule has 0 atom stereocenters. The molecule has 0 saturated carbocycles. The average molecular weight is 406 g/mol. The maximum atomic E-state index is 12.8. The van der Waals surface area contributed by atoms with E-state index < -0.39 is 0 Å². The van der Waals surface area contributed by atoms with Gasteiger partial charge >= 0.3 is 0 Å². The molecule has 2 aromatic heterocycles. The van der Waals surface area contributed by atoms with E-state index in [2.05, 4.69) is 15.5 Å². The fraction of sp³-hybridized carbons (Fsp3) is 0.364. The Morgan fingerprint density at radius 1 is 1.07 bits per heavy atom. The zero-order valence-corrected chi connectivity index (χ0v) is 17.3. The van der Waals surface area contributed by atoms with Crippen LogP contribution in [0.1, 0.15) is 39.3 Å². The zero-order chi connectivity index (χ0) is 21.1. The number of aromatic nitrogens is 4. The van der Waals surface area contributed by atoms with Gasteiger partial charge in [-0.3, -0.25) is 14.3 Å². The topological polar surface area (TPSA) is 85.1 Å². The third-order valence-corrected chi connectivity index (χ3v) is 5.61. The monoisotopic (exact) mass is 406 g/mol. The maximum absolute atomic E-state index is 12.8. The lowest BCUT2D eigenvalue weighted by molar-refractivity contribution is 0.0684. The molecule has 1 aliphatic rings. The van der Waals surface area contributed by atoms with Gasteiger partial charge in [-0.1, -0.05) is 0 Å². The summed E-state index contributed by atoms with van der Waals surface area (Å²) in [7, 11) is 1.79. The number of amides is 2. The van der Waals surface area contributed by atoms with E-state index in [1.165, 1.54) is 0 Å². The van der Waals surface area contributed by atoms with E-state index >= 15 is 0 Å². The van der Waals surface area contributed by atoms with Crippen LogP contribution in [0.4, 0.5) is 0 Å². The summed E-state index contributed by atoms with van der Waals surface area (Å²) < 4.78 is 3.46. The molecule has 3 aromatic rings. The van der Waals surface area contributed by atoms with Crippen molar-refractivity contribution in [1.29, 1.82) is 0 Å². The first-order chi connectivity index (χ1) is 14.5. The standard InChI is InChI=1S/C22H26N6O2/c1-16-7-10-24-28(16)20-5-3-18(4-6-20)22(30)27-11-8-17(9-12-27)13-23-21(29)19-14-25-26(2)15-19/h3-7,10,14-15,17H,8-9,11-13H2,1-2H3,(H,23,29). The number of carbonyl (C=O) groups is 2. The Hall–Kier alpha value is -3.42. The Morgan fingerprint density at radius 2 is 1.80 bits per heavy atom. The third kappa shape index (κ3) is 4.27. The van der Waals surface area contributed by atoms with Gasteiger partial charge < -0.3 is 10.2 Å². The molecule has 0 bridgehead atoms. The number of rotatable bonds is 5. The van der Waals surface area contributed by atoms with Crippen molar-refractivity contribution in [3.05, 3.63) is 65.7 Å². The molecular formula is C22H26N6O2. The van der Waals surface area contributed by atoms with Crippen molar-refractivity contribution >= 4 is 11.8 Å². The Labute approximate surface area is 175 Å². The predicted octanol–water partition coefficient (Wildman–Crippen LogP) is 2.20. The van der Waals surface area contributed by atoms with Gasteiger partial charge in [0.15, 0.2) is 0 Å². The Kier molecular flexibility index (Phi) is 5.65. The summed E-state index contributed by atoms with van der Waals surface area (Å²) in [6.45, 7) is 4.02. The highest BCUT2D eigenvalue weighted by atomic mass is 16.2. The van der Waals surface area contributed by atoms with Crippen LogP contribution >= 0.6 is 0 Å². The van der Waals surface area contributed by atoms with Crippen molar-refractivity contribution in [3.8, 4) is 5.69 Å². The first kappa shape index (κ1) is 19.9. The van der Waals surface area contributed by atoms with Crippen LogP contribution in [0, 0.1) is 12.8 Å². The molecule has 0 spiro atoms. The quantitative estimate of drug-likeness (QED) is 0.704. The highest BCUT2D eigenvalue weighted by Gasteiger charge is 2.24. The molecule has 1 aliphatic heterocycles. The number of aryl methyl sites for hydroxylation is 2. The smallest absolute Gasteiger partial charge is 0.254 e. The minimum Gasteiger partial charge on any atom is -0.352 e. The molecule has 8 heteroatoms. The van der Waals surface area contributed by atoms with Crippen LogP contribution in [0.2, 0.25) is 0 Å². The minimum atomic E-state index is -0.103. The highest BCUT2D eigenvalue weighted by Crippen LogP contribution is 2.20. The van der Waals surface area contributed by atoms with E-state index in [1.54, 1.807) is 30.3 Å². The van der Waals surface area contributed by atoms with Crippen LogP contribution in [0.3, 0.4) is 0 Å². The lowest BCUT2D eigenvalue weighted by atomic mass is 9.96. The molecule has 8 nitrogen and oxygen atoms in total. The van der Waals surface area contributed by atoms with E-state index in [9.17, 15) is 9.59 Å². The molecule has 0 aliphatic carbocycles. The van der Waals surface area contributed by atoms with E-state index in [-0.39, 0.29) is 11.8 Å². The van der Waals surface area contributed by atoms with Crippen LogP contribution < -0.4 is 5.32 Å². The molecule has 3 heterocycles. The van der Waals surface area contributed by atoms with Gasteiger partial charge in [0.25, 0.3) is 11.8 Å². The van der Waals surface area contributed by atoms with Crippen LogP contribution in [-0.2, 0) is 7.05 Å². The second kappa shape index (κ2) is 8.52. The third-order valence-electron chi connectivity index (χ3n) is 5.61. The summed E-state index contributed by atoms with van der Waals surface area (Å²) in [5.74, 6) is 0.325. The van der Waals surface area contributed by atoms with Crippen LogP contribution in [-0.4, -0.2) is 55.9 Å². The van der Waals surface area contributed by atoms with Crippen molar-refractivity contribution in [3.63, 3.8) is 0 Å². The van der Waals surface area contributed by atoms with Gasteiger partial charge in [-0.05, 0) is 56.0 Å². The van der Waals surface area contributed by atoms with Gasteiger partial charge in [-0.15, -0.1) is 0 Å². The zero-order valence-electron chi connectivity index (χ0n) is 17.3. The van der Waals surface area contributed by atoms with Crippen molar-refractivity contribution < 1.29 is 9.59 Å². The number of benzene rings is 1. The Bertz CT molecular complexity index is 1030. The summed E-state index contributed by atoms with van der Waals surface area (Å²) in [6, 6.07) is 9.52. The first-order valence-electron chi connectivity index (χ1n) is 10.2. The minimum absolute atomic E-state index is 0.0524. The summed E-state index contributed by atoms with van der Waals surface area (Å²) in [4.78, 5) is 26.9. The van der Waals surface area contributed by atoms with Gasteiger partial charge in [0.05, 0.1) is 17.4 Å². The molecule has 1 saturated heterocycles. The van der Waals surface area contributed by atoms with Gasteiger partial charge in [-0.25, -0.2) is 4.68 Å². The fourth-order valence-electron chi connectivity index (χ4n) is 3.79. The van der Waals surface area contributed by atoms with Gasteiger partial charge in [0.2, 0.25) is 0 Å². The number of likely N-dealkylation sites (tertiary alicyclic amines) is 1. The molecular weight excluding hydrogens is 380 g/mol. The Morgan fingerprint density at radius 3 is 2.40 bits per heavy atom. The molecule has 0 unspecified atom stereocenters. The predicted molar refractivity (Wildman–Crippen MR) is 112 cm³/mol. The summed E-state index contributed by atoms with van der Waals surface area (Å²) >= 11 is 0. The van der Waals surface area contributed by atoms with Crippen LogP contribution in [0.15, 0.2) is 48.9 Å². The van der Waals surface area contributed by atoms with Crippen molar-refractivity contribution in [2.45, 2.75) is 19.8 Å². The summed E-state index contributed by atoms with van der Waals surface area (Å²) in [5, 5.41) is 11.3. The number of nitrogens with one attached hydrogen (secondary N) is 1. The lowest BCUT2D eigenvalue weighted by Gasteiger charge is -2.32. The van der Waals surface area contributed by atoms with E-state index in [0.29, 0.717) is 36.7 Å². The molecule has 4 rings (SSSR count). The largest absolute Gasteiger partial charge is 0.352 e. The second-order valence-electron chi connectivity index (χ2n) is 7.78. The molecule has 0 radical (unpaired) electrons. The van der Waals surface area contributed by atoms with Gasteiger partial charge in [-0.2, -0.15) is 10.2 Å². The van der Waals surface area contributed by atoms with E-state index in [1.807, 2.05) is 46.8 Å². The lowest BCUT2D eigenvalue weighted by Crippen LogP contribution is -2.41.